The third-order valence-corrected chi connectivity index (χ3v) is 6.21. The van der Waals surface area contributed by atoms with Gasteiger partial charge in [-0.2, -0.15) is 0 Å². The molecule has 164 valence electrons. The maximum absolute atomic E-state index is 6.52. The number of para-hydroxylation sites is 4. The van der Waals surface area contributed by atoms with Crippen LogP contribution in [0.25, 0.3) is 22.4 Å². The Bertz CT molecular complexity index is 1650. The molecule has 0 N–H and O–H groups in total. The monoisotopic (exact) mass is 445 g/mol. The zero-order valence-electron chi connectivity index (χ0n) is 18.8. The van der Waals surface area contributed by atoms with Crippen molar-refractivity contribution in [1.82, 2.24) is 19.9 Å². The highest BCUT2D eigenvalue weighted by molar-refractivity contribution is 5.97. The third-order valence-electron chi connectivity index (χ3n) is 6.21. The summed E-state index contributed by atoms with van der Waals surface area (Å²) in [4.78, 5) is 20.9. The standard InChI is InChI=1S/C27H19N5O2/c1-14-23(31-27-24(29-14)15(2)28-16(3)30-27)17-12-13-22-25-26(17)34-21-11-7-5-9-19(21)32(25)18-8-4-6-10-20(18)33-22/h4-13H,1-3H3. The van der Waals surface area contributed by atoms with Crippen molar-refractivity contribution in [1.29, 1.82) is 0 Å². The predicted molar refractivity (Wildman–Crippen MR) is 130 cm³/mol. The number of aromatic nitrogens is 4. The number of rotatable bonds is 1. The van der Waals surface area contributed by atoms with E-state index in [9.17, 15) is 0 Å². The highest BCUT2D eigenvalue weighted by atomic mass is 16.5. The topological polar surface area (TPSA) is 73.3 Å². The van der Waals surface area contributed by atoms with E-state index in [1.807, 2.05) is 69.3 Å². The summed E-state index contributed by atoms with van der Waals surface area (Å²) in [5.74, 6) is 3.65. The SMILES string of the molecule is Cc1nc(C)c2nc(C)c(-c3ccc4c5c3Oc3ccccc3N5c3ccccc3O4)nc2n1. The van der Waals surface area contributed by atoms with Crippen LogP contribution in [0.5, 0.6) is 23.0 Å². The normalized spacial score (nSPS) is 13.0. The summed E-state index contributed by atoms with van der Waals surface area (Å²) in [6, 6.07) is 20.0. The van der Waals surface area contributed by atoms with Crippen molar-refractivity contribution in [2.45, 2.75) is 20.8 Å². The van der Waals surface area contributed by atoms with E-state index < -0.39 is 0 Å². The lowest BCUT2D eigenvalue weighted by Crippen LogP contribution is -2.20. The second kappa shape index (κ2) is 6.74. The molecule has 0 saturated heterocycles. The molecule has 0 amide bonds. The summed E-state index contributed by atoms with van der Waals surface area (Å²) < 4.78 is 12.8. The van der Waals surface area contributed by atoms with Crippen LogP contribution < -0.4 is 14.4 Å². The van der Waals surface area contributed by atoms with Gasteiger partial charge in [0.05, 0.1) is 28.5 Å². The van der Waals surface area contributed by atoms with Gasteiger partial charge in [-0.15, -0.1) is 0 Å². The number of hydrogen-bond acceptors (Lipinski definition) is 7. The lowest BCUT2D eigenvalue weighted by molar-refractivity contribution is 0.447. The van der Waals surface area contributed by atoms with Gasteiger partial charge < -0.3 is 9.47 Å². The lowest BCUT2D eigenvalue weighted by atomic mass is 10.0. The van der Waals surface area contributed by atoms with Crippen molar-refractivity contribution in [2.75, 3.05) is 4.90 Å². The number of aryl methyl sites for hydroxylation is 3. The largest absolute Gasteiger partial charge is 0.453 e. The van der Waals surface area contributed by atoms with Crippen molar-refractivity contribution in [3.05, 3.63) is 77.9 Å². The Hall–Kier alpha value is -4.52. The first-order valence-electron chi connectivity index (χ1n) is 11.1. The second-order valence-electron chi connectivity index (χ2n) is 8.45. The molecule has 2 aliphatic rings. The molecular weight excluding hydrogens is 426 g/mol. The molecule has 5 aromatic rings. The minimum absolute atomic E-state index is 0.574. The van der Waals surface area contributed by atoms with Gasteiger partial charge in [0.2, 0.25) is 0 Å². The molecular formula is C27H19N5O2. The van der Waals surface area contributed by atoms with Crippen molar-refractivity contribution in [2.24, 2.45) is 0 Å². The van der Waals surface area contributed by atoms with E-state index in [2.05, 4.69) is 27.0 Å². The Morgan fingerprint density at radius 1 is 0.647 bits per heavy atom. The molecule has 0 spiro atoms. The second-order valence-corrected chi connectivity index (χ2v) is 8.45. The molecule has 0 radical (unpaired) electrons. The van der Waals surface area contributed by atoms with Crippen molar-refractivity contribution in [3.63, 3.8) is 0 Å². The molecule has 2 aromatic heterocycles. The van der Waals surface area contributed by atoms with E-state index in [1.165, 1.54) is 0 Å². The smallest absolute Gasteiger partial charge is 0.182 e. The maximum Gasteiger partial charge on any atom is 0.182 e. The molecule has 0 unspecified atom stereocenters. The van der Waals surface area contributed by atoms with Gasteiger partial charge in [-0.25, -0.2) is 19.9 Å². The van der Waals surface area contributed by atoms with E-state index in [0.717, 1.165) is 57.0 Å². The molecule has 0 atom stereocenters. The number of hydrogen-bond donors (Lipinski definition) is 0. The number of benzene rings is 3. The summed E-state index contributed by atoms with van der Waals surface area (Å²) in [7, 11) is 0. The van der Waals surface area contributed by atoms with Gasteiger partial charge in [-0.1, -0.05) is 24.3 Å². The molecule has 0 bridgehead atoms. The van der Waals surface area contributed by atoms with E-state index in [1.54, 1.807) is 0 Å². The summed E-state index contributed by atoms with van der Waals surface area (Å²) in [6.07, 6.45) is 0. The zero-order valence-corrected chi connectivity index (χ0v) is 18.8. The fraction of sp³-hybridized carbons (Fsp3) is 0.111. The van der Waals surface area contributed by atoms with Gasteiger partial charge >= 0.3 is 0 Å². The van der Waals surface area contributed by atoms with Crippen LogP contribution in [0.2, 0.25) is 0 Å². The fourth-order valence-electron chi connectivity index (χ4n) is 4.75. The summed E-state index contributed by atoms with van der Waals surface area (Å²) in [5, 5.41) is 0. The average Bonchev–Trinajstić information content (AvgIpc) is 2.84. The Labute approximate surface area is 195 Å². The number of ether oxygens (including phenoxy) is 2. The minimum Gasteiger partial charge on any atom is -0.453 e. The van der Waals surface area contributed by atoms with Crippen molar-refractivity contribution in [3.8, 4) is 34.3 Å². The molecule has 7 heteroatoms. The third kappa shape index (κ3) is 2.58. The van der Waals surface area contributed by atoms with Crippen LogP contribution in [0.4, 0.5) is 17.1 Å². The Balaban J connectivity index is 1.52. The van der Waals surface area contributed by atoms with Crippen LogP contribution in [-0.4, -0.2) is 19.9 Å². The van der Waals surface area contributed by atoms with Crippen LogP contribution in [0.3, 0.4) is 0 Å². The lowest BCUT2D eigenvalue weighted by Gasteiger charge is -2.38. The van der Waals surface area contributed by atoms with Crippen LogP contribution in [0.15, 0.2) is 60.7 Å². The summed E-state index contributed by atoms with van der Waals surface area (Å²) >= 11 is 0. The molecule has 0 aliphatic carbocycles. The molecule has 3 aromatic carbocycles. The molecule has 7 rings (SSSR count). The number of nitrogens with zero attached hydrogens (tertiary/aromatic N) is 5. The first-order chi connectivity index (χ1) is 16.6. The Morgan fingerprint density at radius 2 is 1.35 bits per heavy atom. The van der Waals surface area contributed by atoms with Gasteiger partial charge in [0.25, 0.3) is 0 Å². The zero-order chi connectivity index (χ0) is 23.0. The molecule has 4 heterocycles. The van der Waals surface area contributed by atoms with Gasteiger partial charge in [-0.05, 0) is 57.2 Å². The molecule has 7 nitrogen and oxygen atoms in total. The first-order valence-corrected chi connectivity index (χ1v) is 11.1. The number of fused-ring (bicyclic) bond motifs is 5. The molecule has 2 aliphatic heterocycles. The highest BCUT2D eigenvalue weighted by Gasteiger charge is 2.36. The Morgan fingerprint density at radius 3 is 2.12 bits per heavy atom. The van der Waals surface area contributed by atoms with Crippen LogP contribution in [-0.2, 0) is 0 Å². The highest BCUT2D eigenvalue weighted by Crippen LogP contribution is 2.61. The average molecular weight is 445 g/mol. The summed E-state index contributed by atoms with van der Waals surface area (Å²) in [6.45, 7) is 5.75. The Kier molecular flexibility index (Phi) is 3.77. The minimum atomic E-state index is 0.574. The molecule has 0 fully saturated rings. The van der Waals surface area contributed by atoms with Crippen LogP contribution in [0, 0.1) is 20.8 Å². The molecule has 0 saturated carbocycles. The van der Waals surface area contributed by atoms with Gasteiger partial charge in [0.15, 0.2) is 28.6 Å². The van der Waals surface area contributed by atoms with E-state index >= 15 is 0 Å². The summed E-state index contributed by atoms with van der Waals surface area (Å²) in [5.41, 5.74) is 7.22. The first kappa shape index (κ1) is 19.0. The van der Waals surface area contributed by atoms with Crippen LogP contribution >= 0.6 is 0 Å². The van der Waals surface area contributed by atoms with Crippen LogP contribution in [0.1, 0.15) is 17.2 Å². The van der Waals surface area contributed by atoms with Gasteiger partial charge in [0.1, 0.15) is 17.0 Å². The predicted octanol–water partition coefficient (Wildman–Crippen LogP) is 6.69. The number of anilines is 3. The van der Waals surface area contributed by atoms with E-state index in [0.29, 0.717) is 22.7 Å². The quantitative estimate of drug-likeness (QED) is 0.279. The van der Waals surface area contributed by atoms with Gasteiger partial charge in [0, 0.05) is 5.56 Å². The van der Waals surface area contributed by atoms with E-state index in [4.69, 9.17) is 19.4 Å². The van der Waals surface area contributed by atoms with Crippen molar-refractivity contribution >= 4 is 28.2 Å². The van der Waals surface area contributed by atoms with Crippen molar-refractivity contribution < 1.29 is 9.47 Å². The fourth-order valence-corrected chi connectivity index (χ4v) is 4.75. The maximum atomic E-state index is 6.52. The molecule has 34 heavy (non-hydrogen) atoms. The van der Waals surface area contributed by atoms with Gasteiger partial charge in [-0.3, -0.25) is 4.90 Å². The van der Waals surface area contributed by atoms with E-state index in [-0.39, 0.29) is 0 Å².